The maximum atomic E-state index is 13.3. The van der Waals surface area contributed by atoms with Gasteiger partial charge in [0.15, 0.2) is 0 Å². The van der Waals surface area contributed by atoms with Crippen molar-refractivity contribution in [2.24, 2.45) is 0 Å². The van der Waals surface area contributed by atoms with Crippen LogP contribution in [0.3, 0.4) is 0 Å². The van der Waals surface area contributed by atoms with Crippen LogP contribution in [0.25, 0.3) is 0 Å². The molecule has 3 rings (SSSR count). The molecular formula is C21H19BrN2O3. The zero-order valence-electron chi connectivity index (χ0n) is 15.2. The van der Waals surface area contributed by atoms with Crippen LogP contribution in [-0.4, -0.2) is 23.5 Å². The third kappa shape index (κ3) is 3.57. The Labute approximate surface area is 166 Å². The van der Waals surface area contributed by atoms with E-state index in [1.165, 1.54) is 11.8 Å². The van der Waals surface area contributed by atoms with E-state index in [0.29, 0.717) is 16.8 Å². The molecule has 0 spiro atoms. The highest BCUT2D eigenvalue weighted by atomic mass is 79.9. The molecule has 0 aromatic heterocycles. The average Bonchev–Trinajstić information content (AvgIpc) is 2.62. The largest absolute Gasteiger partial charge is 0.378 e. The fourth-order valence-electron chi connectivity index (χ4n) is 3.08. The summed E-state index contributed by atoms with van der Waals surface area (Å²) in [4.78, 5) is 40.2. The molecule has 1 amide bonds. The topological polar surface area (TPSA) is 66.5 Å². The van der Waals surface area contributed by atoms with Gasteiger partial charge in [-0.3, -0.25) is 19.3 Å². The maximum Gasteiger partial charge on any atom is 0.228 e. The van der Waals surface area contributed by atoms with Crippen molar-refractivity contribution in [1.29, 1.82) is 0 Å². The normalized spacial score (nSPS) is 13.7. The summed E-state index contributed by atoms with van der Waals surface area (Å²) >= 11 is 3.39. The number of anilines is 1. The zero-order chi connectivity index (χ0) is 19.7. The minimum atomic E-state index is -0.358. The summed E-state index contributed by atoms with van der Waals surface area (Å²) in [7, 11) is 0. The number of fused-ring (bicyclic) bond motifs is 1. The molecule has 1 N–H and O–H groups in total. The van der Waals surface area contributed by atoms with Crippen LogP contribution < -0.4 is 10.2 Å². The van der Waals surface area contributed by atoms with Crippen LogP contribution in [0.5, 0.6) is 0 Å². The van der Waals surface area contributed by atoms with Crippen LogP contribution >= 0.6 is 15.9 Å². The molecule has 1 aliphatic carbocycles. The van der Waals surface area contributed by atoms with Crippen molar-refractivity contribution in [3.8, 4) is 0 Å². The number of hydrogen-bond acceptors (Lipinski definition) is 4. The molecular weight excluding hydrogens is 408 g/mol. The number of ketones is 2. The van der Waals surface area contributed by atoms with Gasteiger partial charge in [-0.25, -0.2) is 0 Å². The number of Topliss-reactive ketones (excluding diaryl/α,β-unsaturated/α-hetero) is 2. The van der Waals surface area contributed by atoms with Gasteiger partial charge in [0.2, 0.25) is 17.5 Å². The minimum Gasteiger partial charge on any atom is -0.378 e. The van der Waals surface area contributed by atoms with E-state index in [9.17, 15) is 14.4 Å². The van der Waals surface area contributed by atoms with Crippen molar-refractivity contribution >= 4 is 39.1 Å². The fourth-order valence-corrected chi connectivity index (χ4v) is 3.47. The average molecular weight is 427 g/mol. The maximum absolute atomic E-state index is 13.3. The Balaban J connectivity index is 2.27. The summed E-state index contributed by atoms with van der Waals surface area (Å²) < 4.78 is 0.764. The minimum absolute atomic E-state index is 0.0537. The van der Waals surface area contributed by atoms with Gasteiger partial charge in [0.25, 0.3) is 0 Å². The monoisotopic (exact) mass is 426 g/mol. The Kier molecular flexibility index (Phi) is 5.28. The first kappa shape index (κ1) is 19.0. The first-order valence-corrected chi connectivity index (χ1v) is 9.36. The van der Waals surface area contributed by atoms with E-state index in [4.69, 9.17) is 0 Å². The van der Waals surface area contributed by atoms with Crippen LogP contribution in [0.2, 0.25) is 0 Å². The Morgan fingerprint density at radius 3 is 2.19 bits per heavy atom. The van der Waals surface area contributed by atoms with Gasteiger partial charge in [0.05, 0.1) is 5.69 Å². The summed E-state index contributed by atoms with van der Waals surface area (Å²) in [6.07, 6.45) is 0. The number of carbonyl (C=O) groups is 3. The number of carbonyl (C=O) groups excluding carboxylic acids is 3. The van der Waals surface area contributed by atoms with E-state index >= 15 is 0 Å². The SMILES string of the molecule is CC(=O)N(C1=C(NC(C)C)C(=O)c2ccccc2C1=O)c1cccc(Br)c1. The lowest BCUT2D eigenvalue weighted by Crippen LogP contribution is -2.42. The summed E-state index contributed by atoms with van der Waals surface area (Å²) in [6, 6.07) is 13.6. The molecule has 0 aliphatic heterocycles. The molecule has 5 nitrogen and oxygen atoms in total. The summed E-state index contributed by atoms with van der Waals surface area (Å²) in [5.74, 6) is -1.01. The van der Waals surface area contributed by atoms with Crippen LogP contribution in [0, 0.1) is 0 Å². The van der Waals surface area contributed by atoms with E-state index in [0.717, 1.165) is 4.47 Å². The van der Waals surface area contributed by atoms with Crippen LogP contribution in [-0.2, 0) is 4.79 Å². The second kappa shape index (κ2) is 7.48. The number of amides is 1. The fraction of sp³-hybridized carbons (Fsp3) is 0.190. The van der Waals surface area contributed by atoms with E-state index in [2.05, 4.69) is 21.2 Å². The van der Waals surface area contributed by atoms with Gasteiger partial charge in [0.1, 0.15) is 11.4 Å². The molecule has 0 saturated carbocycles. The first-order chi connectivity index (χ1) is 12.8. The molecule has 27 heavy (non-hydrogen) atoms. The molecule has 138 valence electrons. The Hall–Kier alpha value is -2.73. The second-order valence-electron chi connectivity index (χ2n) is 6.56. The lowest BCUT2D eigenvalue weighted by molar-refractivity contribution is -0.116. The van der Waals surface area contributed by atoms with Crippen LogP contribution in [0.1, 0.15) is 41.5 Å². The van der Waals surface area contributed by atoms with E-state index in [1.54, 1.807) is 42.5 Å². The summed E-state index contributed by atoms with van der Waals surface area (Å²) in [6.45, 7) is 5.12. The van der Waals surface area contributed by atoms with Crippen molar-refractivity contribution in [2.75, 3.05) is 4.90 Å². The molecule has 1 aliphatic rings. The number of rotatable bonds is 4. The highest BCUT2D eigenvalue weighted by Crippen LogP contribution is 2.32. The lowest BCUT2D eigenvalue weighted by atomic mass is 9.89. The molecule has 0 radical (unpaired) electrons. The predicted octanol–water partition coefficient (Wildman–Crippen LogP) is 4.09. The van der Waals surface area contributed by atoms with E-state index in [1.807, 2.05) is 19.9 Å². The molecule has 0 bridgehead atoms. The first-order valence-electron chi connectivity index (χ1n) is 8.56. The van der Waals surface area contributed by atoms with Crippen LogP contribution in [0.15, 0.2) is 64.4 Å². The smallest absolute Gasteiger partial charge is 0.228 e. The van der Waals surface area contributed by atoms with Gasteiger partial charge in [-0.15, -0.1) is 0 Å². The molecule has 2 aromatic rings. The number of nitrogens with zero attached hydrogens (tertiary/aromatic N) is 1. The van der Waals surface area contributed by atoms with Gasteiger partial charge in [-0.05, 0) is 32.0 Å². The highest BCUT2D eigenvalue weighted by Gasteiger charge is 2.37. The van der Waals surface area contributed by atoms with Gasteiger partial charge < -0.3 is 5.32 Å². The Bertz CT molecular complexity index is 979. The van der Waals surface area contributed by atoms with E-state index < -0.39 is 0 Å². The van der Waals surface area contributed by atoms with Gasteiger partial charge in [0, 0.05) is 28.6 Å². The zero-order valence-corrected chi connectivity index (χ0v) is 16.8. The third-order valence-corrected chi connectivity index (χ3v) is 4.63. The standard InChI is InChI=1S/C21H19BrN2O3/c1-12(2)23-18-19(21(27)17-10-5-4-9-16(17)20(18)26)24(13(3)25)15-8-6-7-14(22)11-15/h4-12,23H,1-3H3. The number of halogens is 1. The van der Waals surface area contributed by atoms with Crippen molar-refractivity contribution in [1.82, 2.24) is 5.32 Å². The molecule has 0 fully saturated rings. The highest BCUT2D eigenvalue weighted by molar-refractivity contribution is 9.10. The molecule has 0 atom stereocenters. The van der Waals surface area contributed by atoms with Gasteiger partial charge >= 0.3 is 0 Å². The number of benzene rings is 2. The summed E-state index contributed by atoms with van der Waals surface area (Å²) in [5, 5.41) is 3.08. The Morgan fingerprint density at radius 2 is 1.63 bits per heavy atom. The summed E-state index contributed by atoms with van der Waals surface area (Å²) in [5.41, 5.74) is 1.34. The van der Waals surface area contributed by atoms with Gasteiger partial charge in [-0.2, -0.15) is 0 Å². The third-order valence-electron chi connectivity index (χ3n) is 4.13. The molecule has 6 heteroatoms. The molecule has 0 saturated heterocycles. The second-order valence-corrected chi connectivity index (χ2v) is 7.48. The molecule has 0 unspecified atom stereocenters. The molecule has 2 aromatic carbocycles. The lowest BCUT2D eigenvalue weighted by Gasteiger charge is -2.30. The number of allylic oxidation sites excluding steroid dienone is 2. The predicted molar refractivity (Wildman–Crippen MR) is 108 cm³/mol. The van der Waals surface area contributed by atoms with Crippen LogP contribution in [0.4, 0.5) is 5.69 Å². The van der Waals surface area contributed by atoms with E-state index in [-0.39, 0.29) is 34.9 Å². The van der Waals surface area contributed by atoms with Crippen molar-refractivity contribution in [2.45, 2.75) is 26.8 Å². The molecule has 0 heterocycles. The number of nitrogens with one attached hydrogen (secondary N) is 1. The quantitative estimate of drug-likeness (QED) is 0.799. The van der Waals surface area contributed by atoms with Crippen molar-refractivity contribution in [3.63, 3.8) is 0 Å². The number of hydrogen-bond donors (Lipinski definition) is 1. The van der Waals surface area contributed by atoms with Gasteiger partial charge in [-0.1, -0.05) is 46.3 Å². The van der Waals surface area contributed by atoms with Crippen molar-refractivity contribution in [3.05, 3.63) is 75.5 Å². The Morgan fingerprint density at radius 1 is 1.00 bits per heavy atom. The van der Waals surface area contributed by atoms with Crippen molar-refractivity contribution < 1.29 is 14.4 Å².